The minimum atomic E-state index is -0.754. The van der Waals surface area contributed by atoms with Crippen LogP contribution in [-0.2, 0) is 19.1 Å². The number of benzene rings is 4. The maximum absolute atomic E-state index is 12.4. The second-order valence-corrected chi connectivity index (χ2v) is 9.91. The highest BCUT2D eigenvalue weighted by Gasteiger charge is 2.20. The molecular formula is C34H28N4O4. The molecule has 8 heteroatoms. The number of carbonyl (C=O) groups excluding carboxylic acids is 2. The summed E-state index contributed by atoms with van der Waals surface area (Å²) in [5.41, 5.74) is 5.64. The van der Waals surface area contributed by atoms with Crippen molar-refractivity contribution < 1.29 is 19.1 Å². The smallest absolute Gasteiger partial charge is 0.338 e. The molecule has 0 aliphatic carbocycles. The molecule has 0 radical (unpaired) electrons. The summed E-state index contributed by atoms with van der Waals surface area (Å²) >= 11 is 0. The molecule has 2 heterocycles. The second-order valence-electron chi connectivity index (χ2n) is 9.91. The molecule has 0 saturated heterocycles. The van der Waals surface area contributed by atoms with Crippen molar-refractivity contribution in [3.05, 3.63) is 120 Å². The summed E-state index contributed by atoms with van der Waals surface area (Å²) in [6.07, 6.45) is 2.00. The number of esters is 2. The van der Waals surface area contributed by atoms with Crippen LogP contribution in [0.1, 0.15) is 25.0 Å². The molecule has 0 aromatic heterocycles. The van der Waals surface area contributed by atoms with Crippen LogP contribution in [0.15, 0.2) is 118 Å². The number of ether oxygens (including phenoxy) is 2. The van der Waals surface area contributed by atoms with Gasteiger partial charge in [-0.3, -0.25) is 0 Å². The van der Waals surface area contributed by atoms with Gasteiger partial charge in [0.25, 0.3) is 12.0 Å². The van der Waals surface area contributed by atoms with Crippen molar-refractivity contribution in [2.24, 2.45) is 9.98 Å². The van der Waals surface area contributed by atoms with Crippen LogP contribution in [0.5, 0.6) is 0 Å². The molecule has 208 valence electrons. The maximum Gasteiger partial charge on any atom is 0.338 e. The fraction of sp³-hybridized carbons (Fsp3) is 0.118. The van der Waals surface area contributed by atoms with Gasteiger partial charge in [0.05, 0.1) is 24.5 Å². The van der Waals surface area contributed by atoms with Crippen molar-refractivity contribution in [3.8, 4) is 0 Å². The van der Waals surface area contributed by atoms with Gasteiger partial charge in [0.15, 0.2) is 0 Å². The molecule has 6 rings (SSSR count). The summed E-state index contributed by atoms with van der Waals surface area (Å²) in [5, 5.41) is 10.5. The van der Waals surface area contributed by atoms with E-state index >= 15 is 0 Å². The highest BCUT2D eigenvalue weighted by molar-refractivity contribution is 6.02. The Morgan fingerprint density at radius 1 is 0.619 bits per heavy atom. The highest BCUT2D eigenvalue weighted by Crippen LogP contribution is 2.29. The van der Waals surface area contributed by atoms with Gasteiger partial charge in [0, 0.05) is 12.2 Å². The molecule has 0 bridgehead atoms. The largest absolute Gasteiger partial charge is 0.389 e. The Hall–Kier alpha value is -5.50. The zero-order chi connectivity index (χ0) is 29.1. The number of nitrogens with zero attached hydrogens (tertiary/aromatic N) is 2. The average molecular weight is 557 g/mol. The number of allylic oxidation sites excluding steroid dienone is 2. The molecule has 0 amide bonds. The van der Waals surface area contributed by atoms with Crippen molar-refractivity contribution in [3.63, 3.8) is 0 Å². The first-order valence-corrected chi connectivity index (χ1v) is 13.6. The molecule has 2 aliphatic rings. The third-order valence-electron chi connectivity index (χ3n) is 7.29. The third kappa shape index (κ3) is 5.55. The third-order valence-corrected chi connectivity index (χ3v) is 7.29. The number of carbonyl (C=O) groups is 2. The minimum Gasteiger partial charge on any atom is -0.389 e. The summed E-state index contributed by atoms with van der Waals surface area (Å²) in [4.78, 5) is 33.6. The number of nitrogens with one attached hydrogen (secondary N) is 2. The summed E-state index contributed by atoms with van der Waals surface area (Å²) in [6, 6.07) is 28.7. The van der Waals surface area contributed by atoms with Gasteiger partial charge < -0.3 is 20.1 Å². The number of hydrogen-bond donors (Lipinski definition) is 2. The first kappa shape index (κ1) is 26.7. The maximum atomic E-state index is 12.4. The monoisotopic (exact) mass is 556 g/mol. The van der Waals surface area contributed by atoms with E-state index in [2.05, 4.69) is 57.0 Å². The predicted molar refractivity (Wildman–Crippen MR) is 165 cm³/mol. The van der Waals surface area contributed by atoms with Gasteiger partial charge in [0.1, 0.15) is 0 Å². The van der Waals surface area contributed by atoms with Crippen LogP contribution in [0.2, 0.25) is 0 Å². The molecule has 4 aromatic rings. The van der Waals surface area contributed by atoms with E-state index < -0.39 is 11.9 Å². The van der Waals surface area contributed by atoms with Gasteiger partial charge in [-0.05, 0) is 57.7 Å². The lowest BCUT2D eigenvalue weighted by Crippen LogP contribution is -2.24. The standard InChI is InChI=1S/C34H28N4O4/c1-21(25-15-7-11-23-9-3-5-13-27(23)25)29-19-35-33(37-29)41-31(39)17-18-32(40)42-34-36-20-30(38-34)22(2)26-16-8-12-24-10-4-6-14-28(24)26/h3-18H,19-20H2,1-2H3,(H,35,37)(H,36,38)/b18-17-,29-21?,30-22?. The molecule has 4 aromatic carbocycles. The van der Waals surface area contributed by atoms with Crippen molar-refractivity contribution in [1.29, 1.82) is 0 Å². The summed E-state index contributed by atoms with van der Waals surface area (Å²) < 4.78 is 10.6. The zero-order valence-electron chi connectivity index (χ0n) is 23.2. The summed E-state index contributed by atoms with van der Waals surface area (Å²) in [5.74, 6) is -1.51. The normalized spacial score (nSPS) is 17.0. The van der Waals surface area contributed by atoms with Crippen molar-refractivity contribution >= 4 is 56.7 Å². The number of amidine groups is 2. The molecule has 0 spiro atoms. The lowest BCUT2D eigenvalue weighted by Gasteiger charge is -2.08. The van der Waals surface area contributed by atoms with Crippen LogP contribution in [0.25, 0.3) is 32.7 Å². The van der Waals surface area contributed by atoms with E-state index in [4.69, 9.17) is 9.47 Å². The molecule has 2 N–H and O–H groups in total. The molecule has 8 nitrogen and oxygen atoms in total. The molecule has 0 unspecified atom stereocenters. The van der Waals surface area contributed by atoms with Gasteiger partial charge in [-0.15, -0.1) is 0 Å². The number of aliphatic imine (C=N–C) groups is 2. The zero-order valence-corrected chi connectivity index (χ0v) is 23.2. The van der Waals surface area contributed by atoms with E-state index in [-0.39, 0.29) is 12.0 Å². The summed E-state index contributed by atoms with van der Waals surface area (Å²) in [6.45, 7) is 4.83. The van der Waals surface area contributed by atoms with Crippen molar-refractivity contribution in [1.82, 2.24) is 10.6 Å². The van der Waals surface area contributed by atoms with Crippen LogP contribution in [0.4, 0.5) is 0 Å². The fourth-order valence-electron chi connectivity index (χ4n) is 5.08. The lowest BCUT2D eigenvalue weighted by molar-refractivity contribution is -0.132. The Kier molecular flexibility index (Phi) is 7.34. The first-order chi connectivity index (χ1) is 20.5. The van der Waals surface area contributed by atoms with Crippen LogP contribution < -0.4 is 10.6 Å². The lowest BCUT2D eigenvalue weighted by atomic mass is 9.98. The van der Waals surface area contributed by atoms with E-state index in [0.29, 0.717) is 13.1 Å². The van der Waals surface area contributed by atoms with Gasteiger partial charge in [-0.25, -0.2) is 9.59 Å². The predicted octanol–water partition coefficient (Wildman–Crippen LogP) is 5.72. The van der Waals surface area contributed by atoms with Gasteiger partial charge >= 0.3 is 11.9 Å². The Morgan fingerprint density at radius 2 is 1.02 bits per heavy atom. The van der Waals surface area contributed by atoms with E-state index in [1.807, 2.05) is 62.4 Å². The number of hydrogen-bond acceptors (Lipinski definition) is 8. The number of rotatable bonds is 4. The molecular weight excluding hydrogens is 528 g/mol. The molecule has 0 saturated carbocycles. The van der Waals surface area contributed by atoms with Crippen molar-refractivity contribution in [2.45, 2.75) is 13.8 Å². The van der Waals surface area contributed by atoms with Crippen LogP contribution in [0, 0.1) is 0 Å². The topological polar surface area (TPSA) is 101 Å². The van der Waals surface area contributed by atoms with Crippen LogP contribution in [0.3, 0.4) is 0 Å². The first-order valence-electron chi connectivity index (χ1n) is 13.6. The Labute approximate surface area is 242 Å². The van der Waals surface area contributed by atoms with Crippen molar-refractivity contribution in [2.75, 3.05) is 13.1 Å². The quantitative estimate of drug-likeness (QED) is 0.246. The minimum absolute atomic E-state index is 0.0770. The highest BCUT2D eigenvalue weighted by atomic mass is 16.6. The summed E-state index contributed by atoms with van der Waals surface area (Å²) in [7, 11) is 0. The molecule has 42 heavy (non-hydrogen) atoms. The van der Waals surface area contributed by atoms with E-state index in [1.54, 1.807) is 0 Å². The van der Waals surface area contributed by atoms with E-state index in [9.17, 15) is 9.59 Å². The SMILES string of the molecule is CC(=C1CNC(OC(=O)/C=C\C(=O)OC2=NC(=C(C)c3cccc4ccccc34)CN2)=N1)c1cccc2ccccc12. The van der Waals surface area contributed by atoms with E-state index in [0.717, 1.165) is 67.4 Å². The number of fused-ring (bicyclic) bond motifs is 2. The van der Waals surface area contributed by atoms with Gasteiger partial charge in [0.2, 0.25) is 0 Å². The molecule has 0 atom stereocenters. The molecule has 2 aliphatic heterocycles. The Bertz CT molecular complexity index is 1750. The van der Waals surface area contributed by atoms with Crippen LogP contribution in [-0.4, -0.2) is 37.1 Å². The fourth-order valence-corrected chi connectivity index (χ4v) is 5.08. The van der Waals surface area contributed by atoms with Crippen LogP contribution >= 0.6 is 0 Å². The van der Waals surface area contributed by atoms with Gasteiger partial charge in [-0.2, -0.15) is 9.98 Å². The van der Waals surface area contributed by atoms with Gasteiger partial charge in [-0.1, -0.05) is 84.9 Å². The second kappa shape index (κ2) is 11.5. The van der Waals surface area contributed by atoms with E-state index in [1.165, 1.54) is 0 Å². The average Bonchev–Trinajstić information content (AvgIpc) is 3.69. The Balaban J connectivity index is 1.09. The molecule has 0 fully saturated rings. The Morgan fingerprint density at radius 3 is 1.48 bits per heavy atom.